The lowest BCUT2D eigenvalue weighted by Crippen LogP contribution is -2.53. The Bertz CT molecular complexity index is 227. The highest BCUT2D eigenvalue weighted by Crippen LogP contribution is 2.37. The summed E-state index contributed by atoms with van der Waals surface area (Å²) in [6.45, 7) is 0.719. The maximum absolute atomic E-state index is 10.7. The number of hydrogen-bond donors (Lipinski definition) is 1. The average Bonchev–Trinajstić information content (AvgIpc) is 2.30. The highest BCUT2D eigenvalue weighted by molar-refractivity contribution is 4.95. The fourth-order valence-electron chi connectivity index (χ4n) is 3.06. The summed E-state index contributed by atoms with van der Waals surface area (Å²) in [6, 6.07) is -0.0240. The minimum atomic E-state index is -0.646. The zero-order valence-electron chi connectivity index (χ0n) is 9.19. The predicted molar refractivity (Wildman–Crippen MR) is 58.2 cm³/mol. The molecule has 2 aliphatic rings. The van der Waals surface area contributed by atoms with Crippen LogP contribution >= 0.6 is 0 Å². The number of hydrogen-bond acceptors (Lipinski definition) is 3. The van der Waals surface area contributed by atoms with Gasteiger partial charge in [0.15, 0.2) is 0 Å². The van der Waals surface area contributed by atoms with Crippen molar-refractivity contribution in [2.24, 2.45) is 5.29 Å². The molecule has 1 N–H and O–H groups in total. The third kappa shape index (κ3) is 2.14. The van der Waals surface area contributed by atoms with Crippen LogP contribution in [0.4, 0.5) is 0 Å². The average molecular weight is 212 g/mol. The SMILES string of the molecule is O=NN1CCCCC1C1(O)CCCCC1. The number of aliphatic hydroxyl groups is 1. The first-order valence-corrected chi connectivity index (χ1v) is 6.08. The number of nitroso groups, excluding NO2 is 1. The molecule has 1 aliphatic heterocycles. The van der Waals surface area contributed by atoms with E-state index in [1.165, 1.54) is 6.42 Å². The van der Waals surface area contributed by atoms with E-state index >= 15 is 0 Å². The first-order valence-electron chi connectivity index (χ1n) is 6.08. The van der Waals surface area contributed by atoms with E-state index in [2.05, 4.69) is 5.29 Å². The van der Waals surface area contributed by atoms with Gasteiger partial charge in [0, 0.05) is 6.54 Å². The highest BCUT2D eigenvalue weighted by Gasteiger charge is 2.42. The van der Waals surface area contributed by atoms with Crippen molar-refractivity contribution >= 4 is 0 Å². The molecule has 1 heterocycles. The number of rotatable bonds is 2. The van der Waals surface area contributed by atoms with Crippen molar-refractivity contribution in [3.05, 3.63) is 4.91 Å². The molecule has 0 aromatic heterocycles. The Balaban J connectivity index is 2.07. The van der Waals surface area contributed by atoms with E-state index in [4.69, 9.17) is 0 Å². The summed E-state index contributed by atoms with van der Waals surface area (Å²) < 4.78 is 0. The molecule has 1 aliphatic carbocycles. The largest absolute Gasteiger partial charge is 0.388 e. The second-order valence-electron chi connectivity index (χ2n) is 4.92. The molecule has 86 valence electrons. The lowest BCUT2D eigenvalue weighted by atomic mass is 9.76. The van der Waals surface area contributed by atoms with E-state index in [9.17, 15) is 10.0 Å². The van der Waals surface area contributed by atoms with Crippen molar-refractivity contribution in [3.8, 4) is 0 Å². The molecule has 2 fully saturated rings. The zero-order valence-corrected chi connectivity index (χ0v) is 9.19. The molecule has 0 radical (unpaired) electrons. The van der Waals surface area contributed by atoms with Gasteiger partial charge in [-0.25, -0.2) is 0 Å². The third-order valence-electron chi connectivity index (χ3n) is 3.92. The summed E-state index contributed by atoms with van der Waals surface area (Å²) in [5.41, 5.74) is -0.646. The van der Waals surface area contributed by atoms with Gasteiger partial charge in [-0.15, -0.1) is 4.91 Å². The van der Waals surface area contributed by atoms with Gasteiger partial charge in [0.1, 0.15) is 0 Å². The monoisotopic (exact) mass is 212 g/mol. The minimum Gasteiger partial charge on any atom is -0.388 e. The Kier molecular flexibility index (Phi) is 3.24. The quantitative estimate of drug-likeness (QED) is 0.714. The van der Waals surface area contributed by atoms with Crippen molar-refractivity contribution in [1.29, 1.82) is 0 Å². The minimum absolute atomic E-state index is 0.0240. The van der Waals surface area contributed by atoms with Crippen LogP contribution in [0.2, 0.25) is 0 Å². The fourth-order valence-corrected chi connectivity index (χ4v) is 3.06. The predicted octanol–water partition coefficient (Wildman–Crippen LogP) is 2.22. The second kappa shape index (κ2) is 4.47. The molecule has 0 bridgehead atoms. The molecule has 1 saturated heterocycles. The van der Waals surface area contributed by atoms with Gasteiger partial charge in [-0.3, -0.25) is 5.01 Å². The van der Waals surface area contributed by atoms with Gasteiger partial charge in [0.25, 0.3) is 0 Å². The van der Waals surface area contributed by atoms with Gasteiger partial charge in [-0.2, -0.15) is 0 Å². The first kappa shape index (κ1) is 10.9. The Morgan fingerprint density at radius 2 is 1.87 bits per heavy atom. The molecule has 1 unspecified atom stereocenters. The van der Waals surface area contributed by atoms with Crippen LogP contribution in [0.3, 0.4) is 0 Å². The van der Waals surface area contributed by atoms with Crippen molar-refractivity contribution in [1.82, 2.24) is 5.01 Å². The fraction of sp³-hybridized carbons (Fsp3) is 1.00. The summed E-state index contributed by atoms with van der Waals surface area (Å²) >= 11 is 0. The summed E-state index contributed by atoms with van der Waals surface area (Å²) in [5.74, 6) is 0. The molecule has 4 heteroatoms. The van der Waals surface area contributed by atoms with E-state index in [0.29, 0.717) is 0 Å². The summed E-state index contributed by atoms with van der Waals surface area (Å²) in [7, 11) is 0. The molecular formula is C11H20N2O2. The standard InChI is InChI=1S/C11H20N2O2/c14-11(7-3-1-4-8-11)10-6-2-5-9-13(10)12-15/h10,14H,1-9H2. The van der Waals surface area contributed by atoms with Crippen LogP contribution in [0.25, 0.3) is 0 Å². The molecule has 4 nitrogen and oxygen atoms in total. The molecule has 1 saturated carbocycles. The lowest BCUT2D eigenvalue weighted by molar-refractivity contribution is -0.0849. The van der Waals surface area contributed by atoms with Crippen LogP contribution in [0.1, 0.15) is 51.4 Å². The van der Waals surface area contributed by atoms with Crippen molar-refractivity contribution in [3.63, 3.8) is 0 Å². The molecule has 0 aromatic rings. The van der Waals surface area contributed by atoms with E-state index in [1.807, 2.05) is 0 Å². The Morgan fingerprint density at radius 1 is 1.13 bits per heavy atom. The molecule has 1 atom stereocenters. The van der Waals surface area contributed by atoms with Crippen molar-refractivity contribution in [2.75, 3.05) is 6.54 Å². The molecular weight excluding hydrogens is 192 g/mol. The van der Waals surface area contributed by atoms with Crippen LogP contribution in [0.15, 0.2) is 5.29 Å². The zero-order chi connectivity index (χ0) is 10.7. The molecule has 2 rings (SSSR count). The van der Waals surface area contributed by atoms with Crippen LogP contribution in [0.5, 0.6) is 0 Å². The smallest absolute Gasteiger partial charge is 0.0867 e. The van der Waals surface area contributed by atoms with E-state index in [1.54, 1.807) is 5.01 Å². The molecule has 0 aromatic carbocycles. The molecule has 15 heavy (non-hydrogen) atoms. The summed E-state index contributed by atoms with van der Waals surface area (Å²) in [6.07, 6.45) is 8.11. The van der Waals surface area contributed by atoms with Crippen LogP contribution in [-0.2, 0) is 0 Å². The van der Waals surface area contributed by atoms with Crippen molar-refractivity contribution < 1.29 is 5.11 Å². The Labute approximate surface area is 90.6 Å². The molecule has 0 amide bonds. The van der Waals surface area contributed by atoms with Gasteiger partial charge in [-0.1, -0.05) is 19.3 Å². The lowest BCUT2D eigenvalue weighted by Gasteiger charge is -2.44. The van der Waals surface area contributed by atoms with Gasteiger partial charge in [0.2, 0.25) is 0 Å². The normalized spacial score (nSPS) is 31.3. The van der Waals surface area contributed by atoms with Crippen LogP contribution in [0, 0.1) is 4.91 Å². The van der Waals surface area contributed by atoms with Gasteiger partial charge in [0.05, 0.1) is 16.9 Å². The van der Waals surface area contributed by atoms with Gasteiger partial charge < -0.3 is 5.11 Å². The number of nitrogens with zero attached hydrogens (tertiary/aromatic N) is 2. The maximum Gasteiger partial charge on any atom is 0.0867 e. The van der Waals surface area contributed by atoms with Gasteiger partial charge >= 0.3 is 0 Å². The highest BCUT2D eigenvalue weighted by atomic mass is 16.3. The van der Waals surface area contributed by atoms with Crippen LogP contribution in [-0.4, -0.2) is 28.3 Å². The maximum atomic E-state index is 10.7. The van der Waals surface area contributed by atoms with Crippen molar-refractivity contribution in [2.45, 2.75) is 63.0 Å². The molecule has 0 spiro atoms. The topological polar surface area (TPSA) is 52.9 Å². The summed E-state index contributed by atoms with van der Waals surface area (Å²) in [4.78, 5) is 10.7. The van der Waals surface area contributed by atoms with E-state index in [0.717, 1.165) is 51.5 Å². The Hall–Kier alpha value is -0.640. The summed E-state index contributed by atoms with van der Waals surface area (Å²) in [5, 5.41) is 15.2. The number of piperidine rings is 1. The van der Waals surface area contributed by atoms with Gasteiger partial charge in [-0.05, 0) is 32.1 Å². The first-order chi connectivity index (χ1) is 7.26. The van der Waals surface area contributed by atoms with Crippen LogP contribution < -0.4 is 0 Å². The van der Waals surface area contributed by atoms with E-state index in [-0.39, 0.29) is 6.04 Å². The van der Waals surface area contributed by atoms with E-state index < -0.39 is 5.60 Å². The Morgan fingerprint density at radius 3 is 2.53 bits per heavy atom. The second-order valence-corrected chi connectivity index (χ2v) is 4.92. The third-order valence-corrected chi connectivity index (χ3v) is 3.92.